The number of rotatable bonds is 4. The van der Waals surface area contributed by atoms with Gasteiger partial charge in [0.1, 0.15) is 5.90 Å². The summed E-state index contributed by atoms with van der Waals surface area (Å²) in [5, 5.41) is 4.19. The fourth-order valence-corrected chi connectivity index (χ4v) is 7.98. The summed E-state index contributed by atoms with van der Waals surface area (Å²) in [5.41, 5.74) is 6.53. The molecule has 0 radical (unpaired) electrons. The second kappa shape index (κ2) is 16.7. The molecule has 0 saturated carbocycles. The van der Waals surface area contributed by atoms with Crippen LogP contribution in [0.25, 0.3) is 0 Å². The van der Waals surface area contributed by atoms with Crippen molar-refractivity contribution in [3.05, 3.63) is 161 Å². The molecule has 0 fully saturated rings. The maximum absolute atomic E-state index is 6.01. The molecule has 0 aromatic heterocycles. The topological polar surface area (TPSA) is 21.6 Å². The number of hydrogen-bond donors (Lipinski definition) is 0. The number of ether oxygens (including phenoxy) is 1. The Kier molecular flexibility index (Phi) is 12.4. The van der Waals surface area contributed by atoms with Gasteiger partial charge in [0.15, 0.2) is 0 Å². The summed E-state index contributed by atoms with van der Waals surface area (Å²) in [6, 6.07) is 49.7. The van der Waals surface area contributed by atoms with Gasteiger partial charge >= 0.3 is 27.7 Å². The monoisotopic (exact) mass is 735 g/mol. The SMILES string of the molecule is CC(C)(C)[C@H]1COC(c2[c-]c3ccc2CCc2ccc(cc2)CC3)=N1.[Cl][Pd+].c1ccc(P(c2ccccc2)c2ccccc2)cc1. The van der Waals surface area contributed by atoms with Crippen LogP contribution in [0.2, 0.25) is 0 Å². The van der Waals surface area contributed by atoms with Crippen LogP contribution in [0.4, 0.5) is 0 Å². The third-order valence-electron chi connectivity index (χ3n) is 8.39. The summed E-state index contributed by atoms with van der Waals surface area (Å²) < 4.78 is 6.01. The first-order valence-electron chi connectivity index (χ1n) is 15.8. The average molecular weight is 737 g/mol. The maximum atomic E-state index is 6.01. The summed E-state index contributed by atoms with van der Waals surface area (Å²) in [4.78, 5) is 4.90. The molecule has 0 saturated heterocycles. The van der Waals surface area contributed by atoms with Crippen LogP contribution in [0.3, 0.4) is 0 Å². The zero-order chi connectivity index (χ0) is 32.4. The van der Waals surface area contributed by atoms with E-state index in [1.54, 1.807) is 0 Å². The van der Waals surface area contributed by atoms with Gasteiger partial charge in [-0.3, -0.25) is 4.99 Å². The predicted octanol–water partition coefficient (Wildman–Crippen LogP) is 8.69. The van der Waals surface area contributed by atoms with E-state index in [0.29, 0.717) is 6.61 Å². The zero-order valence-electron chi connectivity index (χ0n) is 26.7. The van der Waals surface area contributed by atoms with Crippen molar-refractivity contribution in [2.45, 2.75) is 52.5 Å². The van der Waals surface area contributed by atoms with Gasteiger partial charge < -0.3 is 4.74 Å². The predicted molar refractivity (Wildman–Crippen MR) is 193 cm³/mol. The quantitative estimate of drug-likeness (QED) is 0.103. The Labute approximate surface area is 291 Å². The Morgan fingerprint density at radius 3 is 1.59 bits per heavy atom. The molecule has 46 heavy (non-hydrogen) atoms. The van der Waals surface area contributed by atoms with Crippen molar-refractivity contribution in [2.75, 3.05) is 6.61 Å². The number of halogens is 1. The largest absolute Gasteiger partial charge is 0.0622 e. The molecule has 5 aliphatic rings. The summed E-state index contributed by atoms with van der Waals surface area (Å²) in [7, 11) is 4.04. The fraction of sp³-hybridized carbons (Fsp3) is 0.244. The summed E-state index contributed by atoms with van der Waals surface area (Å²) in [6.45, 7) is 7.36. The number of aliphatic imine (C=N–C) groups is 1. The second-order valence-corrected chi connectivity index (χ2v) is 14.9. The Morgan fingerprint density at radius 1 is 0.652 bits per heavy atom. The normalized spacial score (nSPS) is 15.4. The molecule has 0 N–H and O–H groups in total. The minimum Gasteiger partial charge on any atom is -0.0622 e. The van der Waals surface area contributed by atoms with Gasteiger partial charge in [0.05, 0.1) is 12.6 Å². The van der Waals surface area contributed by atoms with Crippen LogP contribution in [-0.4, -0.2) is 18.5 Å². The second-order valence-electron chi connectivity index (χ2n) is 12.7. The molecular weight excluding hydrogens is 695 g/mol. The molecular formula is C41H41ClNOPPd. The van der Waals surface area contributed by atoms with Gasteiger partial charge in [-0.1, -0.05) is 148 Å². The van der Waals surface area contributed by atoms with Crippen LogP contribution in [0.5, 0.6) is 0 Å². The Morgan fingerprint density at radius 2 is 1.13 bits per heavy atom. The van der Waals surface area contributed by atoms with E-state index in [0.717, 1.165) is 37.1 Å². The zero-order valence-corrected chi connectivity index (χ0v) is 29.9. The van der Waals surface area contributed by atoms with Gasteiger partial charge in [0.25, 0.3) is 0 Å². The Bertz CT molecular complexity index is 1590. The number of hydrogen-bond acceptors (Lipinski definition) is 2. The van der Waals surface area contributed by atoms with Crippen LogP contribution in [0.15, 0.2) is 132 Å². The minimum atomic E-state index is -0.446. The molecule has 0 spiro atoms. The molecule has 1 atom stereocenters. The van der Waals surface area contributed by atoms with Crippen molar-refractivity contribution in [2.24, 2.45) is 10.4 Å². The van der Waals surface area contributed by atoms with Gasteiger partial charge in [-0.2, -0.15) is 0 Å². The average Bonchev–Trinajstić information content (AvgIpc) is 3.60. The molecule has 5 aromatic carbocycles. The smallest absolute Gasteiger partial charge is 0.0134 e. The molecule has 4 bridgehead atoms. The van der Waals surface area contributed by atoms with Crippen LogP contribution in [0, 0.1) is 11.5 Å². The summed E-state index contributed by atoms with van der Waals surface area (Å²) in [5.74, 6) is 0.794. The number of aryl methyl sites for hydroxylation is 4. The third-order valence-corrected chi connectivity index (χ3v) is 10.8. The number of benzene rings is 5. The first-order valence-corrected chi connectivity index (χ1v) is 19.2. The van der Waals surface area contributed by atoms with Gasteiger partial charge in [-0.25, -0.2) is 0 Å². The van der Waals surface area contributed by atoms with E-state index in [9.17, 15) is 0 Å². The van der Waals surface area contributed by atoms with Crippen molar-refractivity contribution in [1.29, 1.82) is 0 Å². The number of nitrogens with zero attached hydrogens (tertiary/aromatic N) is 1. The van der Waals surface area contributed by atoms with E-state index in [-0.39, 0.29) is 11.5 Å². The molecule has 0 amide bonds. The first-order chi connectivity index (χ1) is 22.4. The van der Waals surface area contributed by atoms with Crippen LogP contribution >= 0.6 is 17.5 Å². The third kappa shape index (κ3) is 9.06. The summed E-state index contributed by atoms with van der Waals surface area (Å²) in [6.07, 6.45) is 4.08. The van der Waals surface area contributed by atoms with Gasteiger partial charge in [-0.05, 0) is 59.6 Å². The molecule has 1 heterocycles. The Balaban J connectivity index is 0.000000178. The molecule has 2 nitrogen and oxygen atoms in total. The fourth-order valence-electron chi connectivity index (χ4n) is 5.68. The van der Waals surface area contributed by atoms with Gasteiger partial charge in [0, 0.05) is 0 Å². The molecule has 1 aliphatic heterocycles. The van der Waals surface area contributed by atoms with E-state index in [4.69, 9.17) is 9.73 Å². The van der Waals surface area contributed by atoms with E-state index in [2.05, 4.69) is 182 Å². The van der Waals surface area contributed by atoms with Crippen molar-refractivity contribution in [3.63, 3.8) is 0 Å². The van der Waals surface area contributed by atoms with Crippen LogP contribution in [0.1, 0.15) is 48.6 Å². The van der Waals surface area contributed by atoms with E-state index < -0.39 is 7.92 Å². The first kappa shape index (κ1) is 34.3. The molecule has 4 aliphatic carbocycles. The van der Waals surface area contributed by atoms with Crippen LogP contribution in [-0.2, 0) is 48.6 Å². The van der Waals surface area contributed by atoms with E-state index in [1.807, 2.05) is 0 Å². The molecule has 5 aromatic rings. The Hall–Kier alpha value is -3.05. The minimum absolute atomic E-state index is 0.127. The molecule has 238 valence electrons. The standard InChI is InChI=1S/C23H26NO.C18H15P.ClH.Pd/c1-23(2,3)21-15-25-22(24-21)20-14-18-9-8-16-4-6-17(7-5-16)10-12-19(20)13-11-18;1-4-10-16(11-5-1)19(17-12-6-2-7-13-17)18-14-8-3-9-15-18;;/h4-7,11,13,21H,8-10,12,15H2,1-3H3;1-15H;1H;/q-1;;;+2/p-1/t21-;;;/m1.../s1. The van der Waals surface area contributed by atoms with Gasteiger partial charge in [-0.15, -0.1) is 29.3 Å². The molecule has 10 rings (SSSR count). The van der Waals surface area contributed by atoms with E-state index >= 15 is 0 Å². The maximum Gasteiger partial charge on any atom is -0.0134 e. The molecule has 0 unspecified atom stereocenters. The van der Waals surface area contributed by atoms with Crippen molar-refractivity contribution < 1.29 is 22.9 Å². The molecule has 5 heteroatoms. The van der Waals surface area contributed by atoms with Crippen molar-refractivity contribution in [3.8, 4) is 0 Å². The van der Waals surface area contributed by atoms with Crippen molar-refractivity contribution >= 4 is 39.3 Å². The van der Waals surface area contributed by atoms with E-state index in [1.165, 1.54) is 38.2 Å². The van der Waals surface area contributed by atoms with Gasteiger partial charge in [0.2, 0.25) is 0 Å². The van der Waals surface area contributed by atoms with Crippen molar-refractivity contribution in [1.82, 2.24) is 0 Å². The van der Waals surface area contributed by atoms with Crippen LogP contribution < -0.4 is 15.9 Å². The summed E-state index contributed by atoms with van der Waals surface area (Å²) >= 11 is 2.22.